The van der Waals surface area contributed by atoms with Gasteiger partial charge in [0.05, 0.1) is 30.9 Å². The van der Waals surface area contributed by atoms with Crippen LogP contribution in [0.5, 0.6) is 11.5 Å². The van der Waals surface area contributed by atoms with Gasteiger partial charge in [-0.3, -0.25) is 13.9 Å². The van der Waals surface area contributed by atoms with Gasteiger partial charge in [-0.15, -0.1) is 0 Å². The summed E-state index contributed by atoms with van der Waals surface area (Å²) in [5, 5.41) is 0.454. The van der Waals surface area contributed by atoms with Gasteiger partial charge in [0.1, 0.15) is 17.2 Å². The average Bonchev–Trinajstić information content (AvgIpc) is 3.15. The third-order valence-corrected chi connectivity index (χ3v) is 5.88. The molecule has 0 saturated heterocycles. The molecule has 5 rings (SSSR count). The molecular weight excluding hydrogens is 406 g/mol. The first-order valence-corrected chi connectivity index (χ1v) is 10.5. The zero-order valence-electron chi connectivity index (χ0n) is 18.4. The molecule has 0 bridgehead atoms. The van der Waals surface area contributed by atoms with Gasteiger partial charge in [-0.1, -0.05) is 19.1 Å². The van der Waals surface area contributed by atoms with Crippen LogP contribution in [0.25, 0.3) is 38.9 Å². The van der Waals surface area contributed by atoms with Gasteiger partial charge in [0.15, 0.2) is 22.8 Å². The Balaban J connectivity index is 1.94. The predicted molar refractivity (Wildman–Crippen MR) is 124 cm³/mol. The second-order valence-electron chi connectivity index (χ2n) is 7.67. The van der Waals surface area contributed by atoms with E-state index >= 15 is 0 Å². The lowest BCUT2D eigenvalue weighted by atomic mass is 10.2. The van der Waals surface area contributed by atoms with Gasteiger partial charge in [0, 0.05) is 12.1 Å². The molecule has 0 radical (unpaired) electrons. The van der Waals surface area contributed by atoms with Crippen molar-refractivity contribution in [3.8, 4) is 17.2 Å². The van der Waals surface area contributed by atoms with Gasteiger partial charge >= 0.3 is 0 Å². The van der Waals surface area contributed by atoms with E-state index in [-0.39, 0.29) is 11.6 Å². The van der Waals surface area contributed by atoms with Gasteiger partial charge in [0.2, 0.25) is 0 Å². The van der Waals surface area contributed by atoms with Gasteiger partial charge in [0.25, 0.3) is 5.56 Å². The number of ether oxygens (including phenoxy) is 2. The molecule has 0 aliphatic heterocycles. The molecule has 8 heteroatoms. The fraction of sp³-hybridized carbons (Fsp3) is 0.250. The van der Waals surface area contributed by atoms with Crippen molar-refractivity contribution in [3.63, 3.8) is 0 Å². The lowest BCUT2D eigenvalue weighted by Crippen LogP contribution is -2.23. The summed E-state index contributed by atoms with van der Waals surface area (Å²) in [6.07, 6.45) is 2.42. The molecule has 2 aromatic carbocycles. The van der Waals surface area contributed by atoms with E-state index in [9.17, 15) is 4.79 Å². The van der Waals surface area contributed by atoms with Crippen LogP contribution >= 0.6 is 0 Å². The van der Waals surface area contributed by atoms with E-state index in [2.05, 4.69) is 4.98 Å². The lowest BCUT2D eigenvalue weighted by molar-refractivity contribution is 0.355. The first-order valence-electron chi connectivity index (χ1n) is 10.5. The first-order chi connectivity index (χ1) is 15.6. The molecule has 32 heavy (non-hydrogen) atoms. The lowest BCUT2D eigenvalue weighted by Gasteiger charge is -2.13. The minimum atomic E-state index is -0.127. The van der Waals surface area contributed by atoms with Crippen molar-refractivity contribution in [2.24, 2.45) is 0 Å². The van der Waals surface area contributed by atoms with E-state index in [0.717, 1.165) is 23.1 Å². The van der Waals surface area contributed by atoms with E-state index in [1.54, 1.807) is 25.1 Å². The molecule has 0 fully saturated rings. The molecule has 1 atom stereocenters. The summed E-state index contributed by atoms with van der Waals surface area (Å²) >= 11 is 0. The van der Waals surface area contributed by atoms with E-state index in [1.807, 2.05) is 60.9 Å². The van der Waals surface area contributed by atoms with Crippen molar-refractivity contribution in [1.29, 1.82) is 0 Å². The standard InChI is InChI=1S/C24H23N5O3/c1-5-14(2)28-13-25-22-20(24(28)30)21-23(27-17-9-7-6-8-16(17)26-21)29(22)15-10-11-18(31-3)19(12-15)32-4/h6-14H,5H2,1-4H3/t14-/m1/s1. The molecule has 8 nitrogen and oxygen atoms in total. The van der Waals surface area contributed by atoms with E-state index in [1.165, 1.54) is 0 Å². The summed E-state index contributed by atoms with van der Waals surface area (Å²) in [6, 6.07) is 13.2. The smallest absolute Gasteiger partial charge is 0.265 e. The molecule has 3 heterocycles. The zero-order chi connectivity index (χ0) is 22.4. The Morgan fingerprint density at radius 1 is 0.969 bits per heavy atom. The van der Waals surface area contributed by atoms with E-state index in [4.69, 9.17) is 19.4 Å². The van der Waals surface area contributed by atoms with Crippen molar-refractivity contribution in [1.82, 2.24) is 24.1 Å². The molecule has 0 unspecified atom stereocenters. The van der Waals surface area contributed by atoms with Crippen LogP contribution in [-0.4, -0.2) is 38.3 Å². The molecule has 162 valence electrons. The average molecular weight is 429 g/mol. The SMILES string of the molecule is CC[C@@H](C)n1cnc2c(c1=O)c1nc3ccccc3nc1n2-c1ccc(OC)c(OC)c1. The number of methoxy groups -OCH3 is 2. The van der Waals surface area contributed by atoms with Crippen molar-refractivity contribution >= 4 is 33.2 Å². The van der Waals surface area contributed by atoms with Gasteiger partial charge in [-0.25, -0.2) is 15.0 Å². The van der Waals surface area contributed by atoms with E-state index < -0.39 is 0 Å². The second-order valence-corrected chi connectivity index (χ2v) is 7.67. The highest BCUT2D eigenvalue weighted by molar-refractivity contribution is 6.05. The summed E-state index contributed by atoms with van der Waals surface area (Å²) in [6.45, 7) is 4.05. The maximum atomic E-state index is 13.5. The van der Waals surface area contributed by atoms with Crippen LogP contribution in [0.15, 0.2) is 53.6 Å². The number of hydrogen-bond donors (Lipinski definition) is 0. The van der Waals surface area contributed by atoms with Crippen LogP contribution in [0.3, 0.4) is 0 Å². The largest absolute Gasteiger partial charge is 0.493 e. The van der Waals surface area contributed by atoms with Crippen molar-refractivity contribution < 1.29 is 9.47 Å². The number of nitrogens with zero attached hydrogens (tertiary/aromatic N) is 5. The third-order valence-electron chi connectivity index (χ3n) is 5.88. The fourth-order valence-corrected chi connectivity index (χ4v) is 3.97. The maximum Gasteiger partial charge on any atom is 0.265 e. The van der Waals surface area contributed by atoms with Crippen LogP contribution in [-0.2, 0) is 0 Å². The zero-order valence-corrected chi connectivity index (χ0v) is 18.4. The van der Waals surface area contributed by atoms with Crippen LogP contribution in [0, 0.1) is 0 Å². The van der Waals surface area contributed by atoms with Crippen molar-refractivity contribution in [2.45, 2.75) is 26.3 Å². The molecule has 5 aromatic rings. The maximum absolute atomic E-state index is 13.5. The summed E-state index contributed by atoms with van der Waals surface area (Å²) < 4.78 is 14.4. The molecular formula is C24H23N5O3. The van der Waals surface area contributed by atoms with Crippen LogP contribution < -0.4 is 15.0 Å². The highest BCUT2D eigenvalue weighted by Gasteiger charge is 2.22. The Kier molecular flexibility index (Phi) is 4.77. The summed E-state index contributed by atoms with van der Waals surface area (Å²) in [4.78, 5) is 27.9. The highest BCUT2D eigenvalue weighted by Crippen LogP contribution is 2.33. The number of fused-ring (bicyclic) bond motifs is 4. The fourth-order valence-electron chi connectivity index (χ4n) is 3.97. The Hall–Kier alpha value is -3.94. The topological polar surface area (TPSA) is 84.1 Å². The Morgan fingerprint density at radius 3 is 2.38 bits per heavy atom. The molecule has 0 saturated carbocycles. The predicted octanol–water partition coefficient (Wildman–Crippen LogP) is 4.27. The first kappa shape index (κ1) is 20.0. The Bertz CT molecular complexity index is 1540. The Labute approximate surface area is 184 Å². The summed E-state index contributed by atoms with van der Waals surface area (Å²) in [5.74, 6) is 1.18. The van der Waals surface area contributed by atoms with Gasteiger partial charge in [-0.05, 0) is 37.6 Å². The quantitative estimate of drug-likeness (QED) is 0.415. The van der Waals surface area contributed by atoms with Crippen LogP contribution in [0.4, 0.5) is 0 Å². The van der Waals surface area contributed by atoms with Crippen LogP contribution in [0.1, 0.15) is 26.3 Å². The number of hydrogen-bond acceptors (Lipinski definition) is 6. The minimum absolute atomic E-state index is 0.0206. The molecule has 0 spiro atoms. The molecule has 0 N–H and O–H groups in total. The monoisotopic (exact) mass is 429 g/mol. The number of para-hydroxylation sites is 2. The molecule has 3 aromatic heterocycles. The van der Waals surface area contributed by atoms with Crippen molar-refractivity contribution in [3.05, 3.63) is 59.1 Å². The minimum Gasteiger partial charge on any atom is -0.493 e. The highest BCUT2D eigenvalue weighted by atomic mass is 16.5. The van der Waals surface area contributed by atoms with Gasteiger partial charge in [-0.2, -0.15) is 0 Å². The van der Waals surface area contributed by atoms with Crippen molar-refractivity contribution in [2.75, 3.05) is 14.2 Å². The summed E-state index contributed by atoms with van der Waals surface area (Å²) in [7, 11) is 3.18. The van der Waals surface area contributed by atoms with E-state index in [0.29, 0.717) is 33.7 Å². The second kappa shape index (κ2) is 7.64. The normalized spacial score (nSPS) is 12.5. The number of benzene rings is 2. The third kappa shape index (κ3) is 2.90. The molecule has 0 aliphatic rings. The molecule has 0 amide bonds. The molecule has 0 aliphatic carbocycles. The van der Waals surface area contributed by atoms with Gasteiger partial charge < -0.3 is 9.47 Å². The van der Waals surface area contributed by atoms with Crippen LogP contribution in [0.2, 0.25) is 0 Å². The number of rotatable bonds is 5. The summed E-state index contributed by atoms with van der Waals surface area (Å²) in [5.41, 5.74) is 3.70. The number of aromatic nitrogens is 5. The Morgan fingerprint density at radius 2 is 1.69 bits per heavy atom.